The molecule has 2 amide bonds. The Bertz CT molecular complexity index is 137. The molecule has 0 radical (unpaired) electrons. The van der Waals surface area contributed by atoms with E-state index >= 15 is 0 Å². The third-order valence-corrected chi connectivity index (χ3v) is 1.07. The first-order chi connectivity index (χ1) is 4.04. The smallest absolute Gasteiger partial charge is 0.281 e. The van der Waals surface area contributed by atoms with Gasteiger partial charge in [-0.2, -0.15) is 0 Å². The molecule has 1 atom stereocenters. The van der Waals surface area contributed by atoms with E-state index in [9.17, 15) is 9.59 Å². The first-order valence-electron chi connectivity index (χ1n) is 2.29. The van der Waals surface area contributed by atoms with Gasteiger partial charge in [-0.15, -0.1) is 0 Å². The van der Waals surface area contributed by atoms with Gasteiger partial charge in [-0.25, -0.2) is 0 Å². The van der Waals surface area contributed by atoms with Gasteiger partial charge < -0.3 is 11.1 Å². The summed E-state index contributed by atoms with van der Waals surface area (Å²) in [6.45, 7) is 1.53. The number of hydrogen-bond acceptors (Lipinski definition) is 2. The molecule has 0 fully saturated rings. The zero-order valence-electron chi connectivity index (χ0n) is 4.85. The number of hydrogen-bond donors (Lipinski definition) is 2. The van der Waals surface area contributed by atoms with Crippen LogP contribution in [0.5, 0.6) is 0 Å². The van der Waals surface area contributed by atoms with Crippen molar-refractivity contribution in [3.8, 4) is 0 Å². The topological polar surface area (TPSA) is 72.2 Å². The number of primary amides is 1. The van der Waals surface area contributed by atoms with Gasteiger partial charge in [0.1, 0.15) is 6.04 Å². The van der Waals surface area contributed by atoms with Crippen molar-refractivity contribution in [1.29, 1.82) is 0 Å². The second-order valence-electron chi connectivity index (χ2n) is 1.54. The Morgan fingerprint density at radius 1 is 1.67 bits per heavy atom. The molecule has 0 aliphatic carbocycles. The molecule has 5 heteroatoms. The van der Waals surface area contributed by atoms with Crippen LogP contribution in [0.2, 0.25) is 0 Å². The highest BCUT2D eigenvalue weighted by atomic mass is 127. The maximum atomic E-state index is 10.2. The normalized spacial score (nSPS) is 12.2. The van der Waals surface area contributed by atoms with E-state index in [1.54, 1.807) is 0 Å². The lowest BCUT2D eigenvalue weighted by atomic mass is 10.3. The number of amides is 2. The molecule has 0 bridgehead atoms. The van der Waals surface area contributed by atoms with Crippen molar-refractivity contribution >= 4 is 32.4 Å². The molecule has 9 heavy (non-hydrogen) atoms. The molecule has 0 aliphatic heterocycles. The average molecular weight is 242 g/mol. The average Bonchev–Trinajstić information content (AvgIpc) is 1.63. The van der Waals surface area contributed by atoms with E-state index in [0.29, 0.717) is 0 Å². The number of halogens is 1. The van der Waals surface area contributed by atoms with E-state index < -0.39 is 11.9 Å². The summed E-state index contributed by atoms with van der Waals surface area (Å²) in [6, 6.07) is -0.575. The number of carbonyl (C=O) groups is 2. The summed E-state index contributed by atoms with van der Waals surface area (Å²) < 4.78 is -0.279. The Labute approximate surface area is 66.3 Å². The molecular weight excluding hydrogens is 235 g/mol. The summed E-state index contributed by atoms with van der Waals surface area (Å²) in [4.78, 5) is 20.5. The molecule has 0 aromatic heterocycles. The van der Waals surface area contributed by atoms with Gasteiger partial charge in [0.15, 0.2) is 0 Å². The first-order valence-corrected chi connectivity index (χ1v) is 3.37. The first kappa shape index (κ1) is 8.67. The molecule has 0 rings (SSSR count). The van der Waals surface area contributed by atoms with Crippen LogP contribution in [0, 0.1) is 0 Å². The van der Waals surface area contributed by atoms with E-state index in [-0.39, 0.29) is 3.91 Å². The molecule has 0 heterocycles. The van der Waals surface area contributed by atoms with Crippen molar-refractivity contribution in [2.45, 2.75) is 13.0 Å². The zero-order chi connectivity index (χ0) is 7.44. The van der Waals surface area contributed by atoms with Crippen LogP contribution in [-0.4, -0.2) is 15.9 Å². The van der Waals surface area contributed by atoms with Crippen LogP contribution in [0.3, 0.4) is 0 Å². The molecule has 3 N–H and O–H groups in total. The van der Waals surface area contributed by atoms with Crippen LogP contribution in [0.25, 0.3) is 0 Å². The fraction of sp³-hybridized carbons (Fsp3) is 0.500. The fourth-order valence-electron chi connectivity index (χ4n) is 0.241. The summed E-state index contributed by atoms with van der Waals surface area (Å²) >= 11 is 1.53. The van der Waals surface area contributed by atoms with Crippen molar-refractivity contribution in [3.63, 3.8) is 0 Å². The molecule has 0 aliphatic rings. The Morgan fingerprint density at radius 3 is 2.22 bits per heavy atom. The Kier molecular flexibility index (Phi) is 3.52. The van der Waals surface area contributed by atoms with Crippen LogP contribution in [-0.2, 0) is 4.79 Å². The van der Waals surface area contributed by atoms with Crippen LogP contribution < -0.4 is 11.1 Å². The minimum Gasteiger partial charge on any atom is -0.368 e. The molecule has 0 saturated heterocycles. The lowest BCUT2D eigenvalue weighted by Crippen LogP contribution is -2.39. The van der Waals surface area contributed by atoms with Crippen molar-refractivity contribution < 1.29 is 9.59 Å². The summed E-state index contributed by atoms with van der Waals surface area (Å²) in [5.41, 5.74) is 4.83. The van der Waals surface area contributed by atoms with Crippen molar-refractivity contribution in [2.75, 3.05) is 0 Å². The van der Waals surface area contributed by atoms with Crippen molar-refractivity contribution in [2.24, 2.45) is 5.73 Å². The van der Waals surface area contributed by atoms with Gasteiger partial charge >= 0.3 is 0 Å². The molecule has 0 aromatic carbocycles. The predicted octanol–water partition coefficient (Wildman–Crippen LogP) is 0.00480. The minimum atomic E-state index is -0.575. The number of rotatable bonds is 2. The quantitative estimate of drug-likeness (QED) is 0.406. The van der Waals surface area contributed by atoms with E-state index in [2.05, 4.69) is 5.32 Å². The number of nitrogens with one attached hydrogen (secondary N) is 1. The fourth-order valence-corrected chi connectivity index (χ4v) is 0.708. The Hall–Kier alpha value is -0.330. The highest BCUT2D eigenvalue weighted by Crippen LogP contribution is 1.86. The van der Waals surface area contributed by atoms with Crippen molar-refractivity contribution in [3.05, 3.63) is 0 Å². The van der Waals surface area contributed by atoms with E-state index in [1.807, 2.05) is 0 Å². The van der Waals surface area contributed by atoms with Crippen LogP contribution in [0.4, 0.5) is 4.79 Å². The van der Waals surface area contributed by atoms with Gasteiger partial charge in [0.25, 0.3) is 3.91 Å². The zero-order valence-corrected chi connectivity index (χ0v) is 7.01. The summed E-state index contributed by atoms with van der Waals surface area (Å²) in [7, 11) is 0. The number of carbonyl (C=O) groups excluding carboxylic acids is 2. The van der Waals surface area contributed by atoms with Gasteiger partial charge in [0.05, 0.1) is 0 Å². The lowest BCUT2D eigenvalue weighted by molar-refractivity contribution is -0.119. The highest BCUT2D eigenvalue weighted by molar-refractivity contribution is 14.1. The SMILES string of the molecule is CC(NC(=O)I)C(N)=O. The Balaban J connectivity index is 3.63. The van der Waals surface area contributed by atoms with Crippen LogP contribution >= 0.6 is 22.6 Å². The maximum absolute atomic E-state index is 10.2. The monoisotopic (exact) mass is 242 g/mol. The van der Waals surface area contributed by atoms with Crippen LogP contribution in [0.1, 0.15) is 6.92 Å². The summed E-state index contributed by atoms with van der Waals surface area (Å²) in [5, 5.41) is 2.32. The standard InChI is InChI=1S/C4H7IN2O2/c1-2(3(6)8)7-4(5)9/h2H,1H3,(H2,6,8)(H,7,9). The predicted molar refractivity (Wildman–Crippen MR) is 41.2 cm³/mol. The second-order valence-corrected chi connectivity index (χ2v) is 2.52. The number of nitrogens with two attached hydrogens (primary N) is 1. The molecule has 0 saturated carbocycles. The molecular formula is C4H7IN2O2. The van der Waals surface area contributed by atoms with E-state index in [0.717, 1.165) is 0 Å². The molecule has 52 valence electrons. The molecule has 4 nitrogen and oxygen atoms in total. The highest BCUT2D eigenvalue weighted by Gasteiger charge is 2.08. The van der Waals surface area contributed by atoms with Gasteiger partial charge in [-0.3, -0.25) is 9.59 Å². The van der Waals surface area contributed by atoms with Gasteiger partial charge in [0, 0.05) is 22.6 Å². The summed E-state index contributed by atoms with van der Waals surface area (Å²) in [6.07, 6.45) is 0. The van der Waals surface area contributed by atoms with Gasteiger partial charge in [0.2, 0.25) is 5.91 Å². The minimum absolute atomic E-state index is 0.279. The van der Waals surface area contributed by atoms with Gasteiger partial charge in [-0.1, -0.05) is 0 Å². The summed E-state index contributed by atoms with van der Waals surface area (Å²) in [5.74, 6) is -0.528. The third kappa shape index (κ3) is 4.19. The maximum Gasteiger partial charge on any atom is 0.281 e. The molecule has 0 aromatic rings. The Morgan fingerprint density at radius 2 is 2.11 bits per heavy atom. The lowest BCUT2D eigenvalue weighted by Gasteiger charge is -2.04. The second kappa shape index (κ2) is 3.65. The third-order valence-electron chi connectivity index (χ3n) is 0.757. The van der Waals surface area contributed by atoms with Gasteiger partial charge in [-0.05, 0) is 6.92 Å². The molecule has 0 spiro atoms. The van der Waals surface area contributed by atoms with E-state index in [4.69, 9.17) is 5.73 Å². The van der Waals surface area contributed by atoms with Crippen LogP contribution in [0.15, 0.2) is 0 Å². The van der Waals surface area contributed by atoms with Crippen molar-refractivity contribution in [1.82, 2.24) is 5.32 Å². The van der Waals surface area contributed by atoms with E-state index in [1.165, 1.54) is 29.5 Å². The molecule has 1 unspecified atom stereocenters. The largest absolute Gasteiger partial charge is 0.368 e.